The second kappa shape index (κ2) is 4.14. The molecule has 0 fully saturated rings. The minimum absolute atomic E-state index is 0.151. The number of rotatable bonds is 3. The number of hydrogen-bond donors (Lipinski definition) is 1. The van der Waals surface area contributed by atoms with Crippen molar-refractivity contribution in [2.75, 3.05) is 13.9 Å². The highest BCUT2D eigenvalue weighted by Gasteiger charge is 2.19. The molecule has 5 nitrogen and oxygen atoms in total. The van der Waals surface area contributed by atoms with Crippen LogP contribution in [0.3, 0.4) is 0 Å². The zero-order chi connectivity index (χ0) is 11.5. The monoisotopic (exact) mass is 222 g/mol. The molecule has 1 aliphatic heterocycles. The Morgan fingerprint density at radius 1 is 1.50 bits per heavy atom. The highest BCUT2D eigenvalue weighted by molar-refractivity contribution is 5.85. The predicted octanol–water partition coefficient (Wildman–Crippen LogP) is 1.52. The van der Waals surface area contributed by atoms with Gasteiger partial charge < -0.3 is 19.3 Å². The van der Waals surface area contributed by atoms with Gasteiger partial charge in [0.1, 0.15) is 0 Å². The molecular formula is C11H10O5. The summed E-state index contributed by atoms with van der Waals surface area (Å²) in [5.74, 6) is 0.635. The molecule has 1 aliphatic rings. The van der Waals surface area contributed by atoms with E-state index in [0.717, 1.165) is 6.08 Å². The lowest BCUT2D eigenvalue weighted by Crippen LogP contribution is -1.93. The summed E-state index contributed by atoms with van der Waals surface area (Å²) in [6.45, 7) is 0.151. The van der Waals surface area contributed by atoms with E-state index in [2.05, 4.69) is 0 Å². The molecule has 0 radical (unpaired) electrons. The number of benzene rings is 1. The van der Waals surface area contributed by atoms with E-state index in [-0.39, 0.29) is 6.79 Å². The van der Waals surface area contributed by atoms with Gasteiger partial charge in [-0.3, -0.25) is 0 Å². The maximum absolute atomic E-state index is 10.4. The molecular weight excluding hydrogens is 212 g/mol. The fourth-order valence-electron chi connectivity index (χ4n) is 1.41. The Hall–Kier alpha value is -2.17. The summed E-state index contributed by atoms with van der Waals surface area (Å²) in [5, 5.41) is 8.52. The quantitative estimate of drug-likeness (QED) is 0.785. The van der Waals surface area contributed by atoms with Gasteiger partial charge in [-0.1, -0.05) is 0 Å². The van der Waals surface area contributed by atoms with Gasteiger partial charge in [-0.2, -0.15) is 0 Å². The first-order valence-electron chi connectivity index (χ1n) is 4.59. The molecule has 0 bridgehead atoms. The van der Waals surface area contributed by atoms with Crippen molar-refractivity contribution in [1.29, 1.82) is 0 Å². The molecule has 0 amide bonds. The van der Waals surface area contributed by atoms with Crippen molar-refractivity contribution in [1.82, 2.24) is 0 Å². The van der Waals surface area contributed by atoms with E-state index in [1.165, 1.54) is 13.2 Å². The van der Waals surface area contributed by atoms with E-state index in [9.17, 15) is 4.79 Å². The molecule has 0 atom stereocenters. The van der Waals surface area contributed by atoms with Crippen LogP contribution in [0.1, 0.15) is 5.56 Å². The number of hydrogen-bond acceptors (Lipinski definition) is 4. The zero-order valence-corrected chi connectivity index (χ0v) is 8.60. The van der Waals surface area contributed by atoms with Gasteiger partial charge in [0.15, 0.2) is 11.5 Å². The van der Waals surface area contributed by atoms with Crippen LogP contribution in [0.4, 0.5) is 0 Å². The second-order valence-corrected chi connectivity index (χ2v) is 3.13. The third kappa shape index (κ3) is 1.93. The smallest absolute Gasteiger partial charge is 0.328 e. The van der Waals surface area contributed by atoms with Crippen LogP contribution in [-0.2, 0) is 4.79 Å². The van der Waals surface area contributed by atoms with Crippen molar-refractivity contribution in [2.45, 2.75) is 0 Å². The van der Waals surface area contributed by atoms with Crippen LogP contribution in [0.15, 0.2) is 18.2 Å². The Bertz CT molecular complexity index is 450. The van der Waals surface area contributed by atoms with Gasteiger partial charge in [-0.05, 0) is 23.8 Å². The van der Waals surface area contributed by atoms with Gasteiger partial charge in [0, 0.05) is 6.08 Å². The van der Waals surface area contributed by atoms with Crippen molar-refractivity contribution in [3.05, 3.63) is 23.8 Å². The molecule has 84 valence electrons. The Morgan fingerprint density at radius 2 is 2.31 bits per heavy atom. The van der Waals surface area contributed by atoms with E-state index in [0.29, 0.717) is 22.8 Å². The van der Waals surface area contributed by atoms with E-state index in [1.54, 1.807) is 12.1 Å². The largest absolute Gasteiger partial charge is 0.493 e. The van der Waals surface area contributed by atoms with Crippen LogP contribution in [0.5, 0.6) is 17.2 Å². The van der Waals surface area contributed by atoms with E-state index < -0.39 is 5.97 Å². The first-order valence-corrected chi connectivity index (χ1v) is 4.59. The highest BCUT2D eigenvalue weighted by Crippen LogP contribution is 2.41. The zero-order valence-electron chi connectivity index (χ0n) is 8.60. The Kier molecular flexibility index (Phi) is 2.68. The lowest BCUT2D eigenvalue weighted by molar-refractivity contribution is -0.131. The van der Waals surface area contributed by atoms with Gasteiger partial charge in [0.25, 0.3) is 0 Å². The summed E-state index contributed by atoms with van der Waals surface area (Å²) < 4.78 is 15.5. The summed E-state index contributed by atoms with van der Waals surface area (Å²) in [7, 11) is 1.52. The normalized spacial score (nSPS) is 13.1. The Labute approximate surface area is 91.9 Å². The summed E-state index contributed by atoms with van der Waals surface area (Å²) >= 11 is 0. The summed E-state index contributed by atoms with van der Waals surface area (Å²) in [6, 6.07) is 3.39. The summed E-state index contributed by atoms with van der Waals surface area (Å²) in [4.78, 5) is 10.4. The standard InChI is InChI=1S/C11H10O5/c1-14-8-4-7(2-3-10(12)13)5-9-11(8)16-6-15-9/h2-5H,6H2,1H3,(H,12,13)/b3-2+. The van der Waals surface area contributed by atoms with Crippen molar-refractivity contribution >= 4 is 12.0 Å². The number of carboxylic acid groups (broad SMARTS) is 1. The first-order chi connectivity index (χ1) is 7.70. The van der Waals surface area contributed by atoms with E-state index in [4.69, 9.17) is 19.3 Å². The van der Waals surface area contributed by atoms with Gasteiger partial charge in [0.05, 0.1) is 7.11 Å². The minimum atomic E-state index is -1.00. The molecule has 1 heterocycles. The number of methoxy groups -OCH3 is 1. The molecule has 1 N–H and O–H groups in total. The Balaban J connectivity index is 2.38. The van der Waals surface area contributed by atoms with Crippen LogP contribution < -0.4 is 14.2 Å². The molecule has 0 spiro atoms. The molecule has 16 heavy (non-hydrogen) atoms. The minimum Gasteiger partial charge on any atom is -0.493 e. The fourth-order valence-corrected chi connectivity index (χ4v) is 1.41. The second-order valence-electron chi connectivity index (χ2n) is 3.13. The molecule has 2 rings (SSSR count). The molecule has 0 saturated heterocycles. The average molecular weight is 222 g/mol. The molecule has 0 saturated carbocycles. The molecule has 0 unspecified atom stereocenters. The van der Waals surface area contributed by atoms with Gasteiger partial charge in [0.2, 0.25) is 12.5 Å². The topological polar surface area (TPSA) is 65.0 Å². The first kappa shape index (κ1) is 10.4. The van der Waals surface area contributed by atoms with Gasteiger partial charge in [-0.15, -0.1) is 0 Å². The number of aliphatic carboxylic acids is 1. The predicted molar refractivity (Wildman–Crippen MR) is 55.8 cm³/mol. The number of carboxylic acids is 1. The lowest BCUT2D eigenvalue weighted by atomic mass is 10.1. The van der Waals surface area contributed by atoms with Crippen molar-refractivity contribution in [2.24, 2.45) is 0 Å². The molecule has 1 aromatic rings. The molecule has 0 aliphatic carbocycles. The summed E-state index contributed by atoms with van der Waals surface area (Å²) in [5.41, 5.74) is 0.684. The number of fused-ring (bicyclic) bond motifs is 1. The third-order valence-electron chi connectivity index (χ3n) is 2.10. The number of ether oxygens (including phenoxy) is 3. The van der Waals surface area contributed by atoms with Crippen LogP contribution in [0.25, 0.3) is 6.08 Å². The van der Waals surface area contributed by atoms with Crippen molar-refractivity contribution in [3.8, 4) is 17.2 Å². The van der Waals surface area contributed by atoms with Crippen molar-refractivity contribution < 1.29 is 24.1 Å². The van der Waals surface area contributed by atoms with Gasteiger partial charge in [-0.25, -0.2) is 4.79 Å². The summed E-state index contributed by atoms with van der Waals surface area (Å²) in [6.07, 6.45) is 2.52. The van der Waals surface area contributed by atoms with E-state index >= 15 is 0 Å². The van der Waals surface area contributed by atoms with Crippen LogP contribution in [0.2, 0.25) is 0 Å². The SMILES string of the molecule is COc1cc(/C=C/C(=O)O)cc2c1OCO2. The van der Waals surface area contributed by atoms with Crippen LogP contribution >= 0.6 is 0 Å². The van der Waals surface area contributed by atoms with Crippen molar-refractivity contribution in [3.63, 3.8) is 0 Å². The third-order valence-corrected chi connectivity index (χ3v) is 2.10. The van der Waals surface area contributed by atoms with Gasteiger partial charge >= 0.3 is 5.97 Å². The maximum atomic E-state index is 10.4. The molecule has 5 heteroatoms. The van der Waals surface area contributed by atoms with E-state index in [1.807, 2.05) is 0 Å². The maximum Gasteiger partial charge on any atom is 0.328 e. The Morgan fingerprint density at radius 3 is 3.00 bits per heavy atom. The highest BCUT2D eigenvalue weighted by atomic mass is 16.7. The number of carbonyl (C=O) groups is 1. The molecule has 0 aromatic heterocycles. The average Bonchev–Trinajstić information content (AvgIpc) is 2.73. The van der Waals surface area contributed by atoms with Crippen LogP contribution in [-0.4, -0.2) is 25.0 Å². The van der Waals surface area contributed by atoms with Crippen LogP contribution in [0, 0.1) is 0 Å². The fraction of sp³-hybridized carbons (Fsp3) is 0.182. The molecule has 1 aromatic carbocycles. The lowest BCUT2D eigenvalue weighted by Gasteiger charge is -2.05.